The monoisotopic (exact) mass is 408 g/mol. The van der Waals surface area contributed by atoms with Crippen LogP contribution in [-0.2, 0) is 9.59 Å². The fourth-order valence-electron chi connectivity index (χ4n) is 4.47. The molecule has 2 aromatic carbocycles. The van der Waals surface area contributed by atoms with Gasteiger partial charge in [-0.05, 0) is 49.9 Å². The van der Waals surface area contributed by atoms with Gasteiger partial charge in [0.05, 0.1) is 11.6 Å². The summed E-state index contributed by atoms with van der Waals surface area (Å²) in [6, 6.07) is 10.6. The van der Waals surface area contributed by atoms with Gasteiger partial charge in [-0.15, -0.1) is 0 Å². The third-order valence-corrected chi connectivity index (χ3v) is 5.85. The Labute approximate surface area is 173 Å². The average Bonchev–Trinajstić information content (AvgIpc) is 2.69. The fourth-order valence-corrected chi connectivity index (χ4v) is 4.47. The zero-order valence-corrected chi connectivity index (χ0v) is 16.8. The van der Waals surface area contributed by atoms with E-state index in [1.807, 2.05) is 31.2 Å². The lowest BCUT2D eigenvalue weighted by Gasteiger charge is -2.36. The first-order chi connectivity index (χ1) is 14.4. The second kappa shape index (κ2) is 7.94. The molecule has 1 amide bonds. The summed E-state index contributed by atoms with van der Waals surface area (Å²) in [4.78, 5) is 30.8. The minimum absolute atomic E-state index is 0.0685. The molecule has 1 unspecified atom stereocenters. The van der Waals surface area contributed by atoms with Crippen LogP contribution in [0.4, 0.5) is 14.5 Å². The molecular formula is C24H22F2N2O2. The SMILES string of the molecule is CC1=C(C(=O)Nc2ccc(F)cc2F)[C@@H](c2ccccc2C)C2C(=O)CCCC2=N1. The molecule has 1 heterocycles. The van der Waals surface area contributed by atoms with E-state index in [-0.39, 0.29) is 11.5 Å². The van der Waals surface area contributed by atoms with Crippen LogP contribution in [0.3, 0.4) is 0 Å². The number of Topliss-reactive ketones (excluding diaryl/α,β-unsaturated/α-hetero) is 1. The number of hydrogen-bond acceptors (Lipinski definition) is 3. The maximum Gasteiger partial charge on any atom is 0.254 e. The van der Waals surface area contributed by atoms with Crippen LogP contribution in [0.5, 0.6) is 0 Å². The average molecular weight is 408 g/mol. The van der Waals surface area contributed by atoms with Crippen molar-refractivity contribution in [3.05, 3.63) is 76.5 Å². The smallest absolute Gasteiger partial charge is 0.254 e. The van der Waals surface area contributed by atoms with E-state index in [0.717, 1.165) is 41.8 Å². The van der Waals surface area contributed by atoms with Crippen LogP contribution in [-0.4, -0.2) is 17.4 Å². The van der Waals surface area contributed by atoms with Crippen molar-refractivity contribution in [1.29, 1.82) is 0 Å². The highest BCUT2D eigenvalue weighted by atomic mass is 19.1. The van der Waals surface area contributed by atoms with Crippen LogP contribution in [0.25, 0.3) is 0 Å². The number of carbonyl (C=O) groups excluding carboxylic acids is 2. The van der Waals surface area contributed by atoms with Gasteiger partial charge in [-0.1, -0.05) is 24.3 Å². The van der Waals surface area contributed by atoms with E-state index in [9.17, 15) is 18.4 Å². The lowest BCUT2D eigenvalue weighted by Crippen LogP contribution is -2.40. The standard InChI is InChI=1S/C24H22F2N2O2/c1-13-6-3-4-7-16(13)22-21(14(2)27-19-8-5-9-20(29)23(19)22)24(30)28-18-11-10-15(25)12-17(18)26/h3-4,6-7,10-12,22-23H,5,8-9H2,1-2H3,(H,28,30)/t22-,23?/m1/s1. The number of carbonyl (C=O) groups is 2. The summed E-state index contributed by atoms with van der Waals surface area (Å²) in [6.07, 6.45) is 1.93. The molecule has 2 aromatic rings. The number of ketones is 1. The molecule has 1 N–H and O–H groups in total. The molecule has 30 heavy (non-hydrogen) atoms. The van der Waals surface area contributed by atoms with Crippen LogP contribution in [0.1, 0.15) is 43.2 Å². The van der Waals surface area contributed by atoms with Crippen LogP contribution < -0.4 is 5.32 Å². The summed E-state index contributed by atoms with van der Waals surface area (Å²) in [5, 5.41) is 2.55. The number of nitrogens with zero attached hydrogens (tertiary/aromatic N) is 1. The Bertz CT molecular complexity index is 1100. The molecule has 1 aliphatic heterocycles. The summed E-state index contributed by atoms with van der Waals surface area (Å²) < 4.78 is 27.4. The lowest BCUT2D eigenvalue weighted by atomic mass is 9.68. The first-order valence-electron chi connectivity index (χ1n) is 9.99. The number of nitrogens with one attached hydrogen (secondary N) is 1. The van der Waals surface area contributed by atoms with E-state index in [2.05, 4.69) is 10.3 Å². The molecule has 2 atom stereocenters. The normalized spacial score (nSPS) is 21.2. The molecule has 4 nitrogen and oxygen atoms in total. The largest absolute Gasteiger partial charge is 0.320 e. The van der Waals surface area contributed by atoms with Gasteiger partial charge in [0.15, 0.2) is 0 Å². The van der Waals surface area contributed by atoms with E-state index in [1.54, 1.807) is 6.92 Å². The minimum Gasteiger partial charge on any atom is -0.320 e. The molecule has 154 valence electrons. The van der Waals surface area contributed by atoms with Crippen molar-refractivity contribution in [2.24, 2.45) is 10.9 Å². The van der Waals surface area contributed by atoms with Crippen LogP contribution >= 0.6 is 0 Å². The maximum absolute atomic E-state index is 14.1. The van der Waals surface area contributed by atoms with Gasteiger partial charge in [-0.2, -0.15) is 0 Å². The number of amides is 1. The molecule has 0 spiro atoms. The summed E-state index contributed by atoms with van der Waals surface area (Å²) in [6.45, 7) is 3.68. The Kier molecular flexibility index (Phi) is 5.33. The molecule has 0 radical (unpaired) electrons. The Morgan fingerprint density at radius 3 is 2.57 bits per heavy atom. The van der Waals surface area contributed by atoms with Crippen molar-refractivity contribution < 1.29 is 18.4 Å². The van der Waals surface area contributed by atoms with E-state index < -0.39 is 29.4 Å². The summed E-state index contributed by atoms with van der Waals surface area (Å²) in [7, 11) is 0. The summed E-state index contributed by atoms with van der Waals surface area (Å²) in [5.41, 5.74) is 3.40. The molecular weight excluding hydrogens is 386 g/mol. The maximum atomic E-state index is 14.1. The third kappa shape index (κ3) is 3.58. The summed E-state index contributed by atoms with van der Waals surface area (Å²) >= 11 is 0. The lowest BCUT2D eigenvalue weighted by molar-refractivity contribution is -0.122. The van der Waals surface area contributed by atoms with Crippen molar-refractivity contribution in [2.45, 2.75) is 39.0 Å². The molecule has 1 aliphatic carbocycles. The van der Waals surface area contributed by atoms with E-state index in [0.29, 0.717) is 17.7 Å². The quantitative estimate of drug-likeness (QED) is 0.769. The van der Waals surface area contributed by atoms with Gasteiger partial charge < -0.3 is 5.32 Å². The highest BCUT2D eigenvalue weighted by Gasteiger charge is 2.43. The second-order valence-electron chi connectivity index (χ2n) is 7.81. The molecule has 6 heteroatoms. The van der Waals surface area contributed by atoms with E-state index in [1.165, 1.54) is 6.07 Å². The molecule has 1 saturated carbocycles. The number of benzene rings is 2. The Balaban J connectivity index is 1.81. The number of allylic oxidation sites excluding steroid dienone is 1. The van der Waals surface area contributed by atoms with Gasteiger partial charge in [0.1, 0.15) is 17.4 Å². The van der Waals surface area contributed by atoms with E-state index >= 15 is 0 Å². The first kappa shape index (κ1) is 20.1. The van der Waals surface area contributed by atoms with Crippen LogP contribution in [0, 0.1) is 24.5 Å². The number of aryl methyl sites for hydroxylation is 1. The molecule has 4 rings (SSSR count). The highest BCUT2D eigenvalue weighted by molar-refractivity contribution is 6.14. The number of aliphatic imine (C=N–C) groups is 1. The van der Waals surface area contributed by atoms with Crippen LogP contribution in [0.2, 0.25) is 0 Å². The minimum atomic E-state index is -0.859. The van der Waals surface area contributed by atoms with Gasteiger partial charge in [0, 0.05) is 35.4 Å². The van der Waals surface area contributed by atoms with Gasteiger partial charge in [-0.3, -0.25) is 14.6 Å². The predicted octanol–water partition coefficient (Wildman–Crippen LogP) is 5.09. The van der Waals surface area contributed by atoms with Crippen molar-refractivity contribution in [3.63, 3.8) is 0 Å². The molecule has 2 aliphatic rings. The molecule has 1 fully saturated rings. The van der Waals surface area contributed by atoms with Gasteiger partial charge in [-0.25, -0.2) is 8.78 Å². The van der Waals surface area contributed by atoms with Crippen molar-refractivity contribution >= 4 is 23.1 Å². The van der Waals surface area contributed by atoms with Crippen molar-refractivity contribution in [2.75, 3.05) is 5.32 Å². The van der Waals surface area contributed by atoms with Gasteiger partial charge >= 0.3 is 0 Å². The number of hydrogen-bond donors (Lipinski definition) is 1. The van der Waals surface area contributed by atoms with Gasteiger partial charge in [0.2, 0.25) is 0 Å². The number of anilines is 1. The summed E-state index contributed by atoms with van der Waals surface area (Å²) in [5.74, 6) is -3.04. The number of fused-ring (bicyclic) bond motifs is 1. The number of halogens is 2. The van der Waals surface area contributed by atoms with Crippen molar-refractivity contribution in [3.8, 4) is 0 Å². The Morgan fingerprint density at radius 2 is 1.83 bits per heavy atom. The zero-order chi connectivity index (χ0) is 21.4. The topological polar surface area (TPSA) is 58.5 Å². The molecule has 0 aromatic heterocycles. The van der Waals surface area contributed by atoms with Crippen LogP contribution in [0.15, 0.2) is 58.7 Å². The Hall–Kier alpha value is -3.15. The zero-order valence-electron chi connectivity index (χ0n) is 16.8. The highest BCUT2D eigenvalue weighted by Crippen LogP contribution is 2.44. The third-order valence-electron chi connectivity index (χ3n) is 5.85. The molecule has 0 saturated heterocycles. The molecule has 0 bridgehead atoms. The number of rotatable bonds is 3. The van der Waals surface area contributed by atoms with Crippen molar-refractivity contribution in [1.82, 2.24) is 0 Å². The fraction of sp³-hybridized carbons (Fsp3) is 0.292. The second-order valence-corrected chi connectivity index (χ2v) is 7.81. The Morgan fingerprint density at radius 1 is 1.07 bits per heavy atom. The van der Waals surface area contributed by atoms with Gasteiger partial charge in [0.25, 0.3) is 5.91 Å². The van der Waals surface area contributed by atoms with E-state index in [4.69, 9.17) is 0 Å². The first-order valence-corrected chi connectivity index (χ1v) is 9.99. The predicted molar refractivity (Wildman–Crippen MR) is 111 cm³/mol.